The SMILES string of the molecule is Cc1ccccc1Oc1ccc(N2C(=S)N[C@@H](c3ccccn3)[C@@H]2c2cc(C)n(C)c2C)cc1. The van der Waals surface area contributed by atoms with Crippen molar-refractivity contribution in [1.29, 1.82) is 0 Å². The van der Waals surface area contributed by atoms with Gasteiger partial charge in [-0.25, -0.2) is 0 Å². The number of aryl methyl sites for hydroxylation is 2. The van der Waals surface area contributed by atoms with Gasteiger partial charge >= 0.3 is 0 Å². The van der Waals surface area contributed by atoms with Crippen LogP contribution in [0.25, 0.3) is 0 Å². The van der Waals surface area contributed by atoms with Crippen LogP contribution >= 0.6 is 12.2 Å². The molecule has 1 N–H and O–H groups in total. The highest BCUT2D eigenvalue weighted by atomic mass is 32.1. The molecule has 4 aromatic rings. The number of hydrogen-bond donors (Lipinski definition) is 1. The molecule has 0 saturated carbocycles. The molecule has 1 saturated heterocycles. The average molecular weight is 469 g/mol. The van der Waals surface area contributed by atoms with Crippen LogP contribution in [-0.2, 0) is 7.05 Å². The second-order valence-corrected chi connectivity index (χ2v) is 9.13. The number of pyridine rings is 1. The van der Waals surface area contributed by atoms with Gasteiger partial charge in [0.05, 0.1) is 17.8 Å². The second kappa shape index (κ2) is 8.95. The standard InChI is InChI=1S/C28H28N4OS/c1-18-9-5-6-11-25(18)33-22-14-12-21(13-15-22)32-27(23-17-19(2)31(4)20(23)3)26(30-28(32)34)24-10-7-8-16-29-24/h5-17,26-27H,1-4H3,(H,30,34)/t26-,27-/m0/s1. The van der Waals surface area contributed by atoms with Gasteiger partial charge in [-0.15, -0.1) is 0 Å². The first-order valence-corrected chi connectivity index (χ1v) is 11.8. The average Bonchev–Trinajstić information content (AvgIpc) is 3.32. The predicted octanol–water partition coefficient (Wildman–Crippen LogP) is 6.31. The van der Waals surface area contributed by atoms with Gasteiger partial charge < -0.3 is 19.5 Å². The number of hydrogen-bond acceptors (Lipinski definition) is 3. The van der Waals surface area contributed by atoms with E-state index in [9.17, 15) is 0 Å². The Bertz CT molecular complexity index is 1330. The van der Waals surface area contributed by atoms with Gasteiger partial charge in [-0.3, -0.25) is 4.98 Å². The second-order valence-electron chi connectivity index (χ2n) is 8.74. The molecule has 172 valence electrons. The van der Waals surface area contributed by atoms with E-state index < -0.39 is 0 Å². The van der Waals surface area contributed by atoms with Gasteiger partial charge in [0.25, 0.3) is 0 Å². The summed E-state index contributed by atoms with van der Waals surface area (Å²) >= 11 is 5.86. The summed E-state index contributed by atoms with van der Waals surface area (Å²) in [5.41, 5.74) is 6.76. The van der Waals surface area contributed by atoms with Gasteiger partial charge in [0.2, 0.25) is 0 Å². The van der Waals surface area contributed by atoms with E-state index in [1.165, 1.54) is 17.0 Å². The molecule has 1 aliphatic rings. The van der Waals surface area contributed by atoms with Crippen molar-refractivity contribution in [2.75, 3.05) is 4.90 Å². The number of anilines is 1. The highest BCUT2D eigenvalue weighted by Gasteiger charge is 2.42. The van der Waals surface area contributed by atoms with Crippen LogP contribution in [0.5, 0.6) is 11.5 Å². The summed E-state index contributed by atoms with van der Waals surface area (Å²) < 4.78 is 8.34. The molecule has 6 heteroatoms. The molecule has 1 aliphatic heterocycles. The zero-order valence-electron chi connectivity index (χ0n) is 19.8. The van der Waals surface area contributed by atoms with Crippen LogP contribution in [0.1, 0.15) is 40.3 Å². The lowest BCUT2D eigenvalue weighted by atomic mass is 9.96. The lowest BCUT2D eigenvalue weighted by molar-refractivity contribution is 0.479. The van der Waals surface area contributed by atoms with Crippen LogP contribution in [0.3, 0.4) is 0 Å². The third-order valence-corrected chi connectivity index (χ3v) is 6.98. The van der Waals surface area contributed by atoms with Gasteiger partial charge in [0.15, 0.2) is 5.11 Å². The van der Waals surface area contributed by atoms with Crippen LogP contribution in [-0.4, -0.2) is 14.7 Å². The summed E-state index contributed by atoms with van der Waals surface area (Å²) in [5.74, 6) is 1.65. The van der Waals surface area contributed by atoms with Gasteiger partial charge in [-0.05, 0) is 92.6 Å². The molecular weight excluding hydrogens is 440 g/mol. The Kier molecular flexibility index (Phi) is 5.84. The van der Waals surface area contributed by atoms with E-state index in [0.29, 0.717) is 5.11 Å². The fourth-order valence-corrected chi connectivity index (χ4v) is 4.95. The molecule has 2 aromatic carbocycles. The molecule has 0 aliphatic carbocycles. The molecule has 3 heterocycles. The van der Waals surface area contributed by atoms with Gasteiger partial charge in [0, 0.05) is 30.3 Å². The van der Waals surface area contributed by atoms with Crippen molar-refractivity contribution >= 4 is 23.0 Å². The number of nitrogens with zero attached hydrogens (tertiary/aromatic N) is 3. The Balaban J connectivity index is 1.53. The van der Waals surface area contributed by atoms with Gasteiger partial charge in [-0.2, -0.15) is 0 Å². The zero-order valence-corrected chi connectivity index (χ0v) is 20.6. The van der Waals surface area contributed by atoms with Crippen molar-refractivity contribution in [3.05, 3.63) is 107 Å². The summed E-state index contributed by atoms with van der Waals surface area (Å²) in [4.78, 5) is 6.85. The highest BCUT2D eigenvalue weighted by Crippen LogP contribution is 2.43. The van der Waals surface area contributed by atoms with Crippen molar-refractivity contribution in [1.82, 2.24) is 14.9 Å². The number of nitrogens with one attached hydrogen (secondary N) is 1. The molecule has 0 bridgehead atoms. The van der Waals surface area contributed by atoms with Crippen LogP contribution < -0.4 is 15.0 Å². The molecule has 5 nitrogen and oxygen atoms in total. The maximum atomic E-state index is 6.11. The number of para-hydroxylation sites is 1. The lowest BCUT2D eigenvalue weighted by Gasteiger charge is -2.28. The minimum absolute atomic E-state index is 0.0227. The Morgan fingerprint density at radius 2 is 1.68 bits per heavy atom. The largest absolute Gasteiger partial charge is 0.457 e. The zero-order chi connectivity index (χ0) is 23.8. The molecule has 34 heavy (non-hydrogen) atoms. The van der Waals surface area contributed by atoms with E-state index in [0.717, 1.165) is 28.4 Å². The van der Waals surface area contributed by atoms with Crippen molar-refractivity contribution in [2.24, 2.45) is 7.05 Å². The molecule has 1 fully saturated rings. The summed E-state index contributed by atoms with van der Waals surface area (Å²) in [6, 6.07) is 24.4. The predicted molar refractivity (Wildman–Crippen MR) is 141 cm³/mol. The number of aromatic nitrogens is 2. The van der Waals surface area contributed by atoms with Gasteiger partial charge in [0.1, 0.15) is 11.5 Å². The fraction of sp³-hybridized carbons (Fsp3) is 0.214. The Morgan fingerprint density at radius 3 is 2.32 bits per heavy atom. The van der Waals surface area contributed by atoms with Gasteiger partial charge in [-0.1, -0.05) is 24.3 Å². The van der Waals surface area contributed by atoms with E-state index in [2.05, 4.69) is 64.9 Å². The van der Waals surface area contributed by atoms with Crippen molar-refractivity contribution in [2.45, 2.75) is 32.9 Å². The summed E-state index contributed by atoms with van der Waals surface area (Å²) in [6.07, 6.45) is 1.83. The molecule has 0 radical (unpaired) electrons. The van der Waals surface area contributed by atoms with E-state index in [1.54, 1.807) is 0 Å². The highest BCUT2D eigenvalue weighted by molar-refractivity contribution is 7.80. The van der Waals surface area contributed by atoms with E-state index in [-0.39, 0.29) is 12.1 Å². The summed E-state index contributed by atoms with van der Waals surface area (Å²) in [5, 5.41) is 4.23. The normalized spacial score (nSPS) is 17.6. The Hall–Kier alpha value is -3.64. The third kappa shape index (κ3) is 3.94. The molecule has 2 atom stereocenters. The first-order valence-electron chi connectivity index (χ1n) is 11.4. The van der Waals surface area contributed by atoms with Crippen LogP contribution in [0.4, 0.5) is 5.69 Å². The molecule has 0 unspecified atom stereocenters. The number of ether oxygens (including phenoxy) is 1. The van der Waals surface area contributed by atoms with E-state index in [1.807, 2.05) is 61.7 Å². The van der Waals surface area contributed by atoms with Crippen LogP contribution in [0.2, 0.25) is 0 Å². The number of thiocarbonyl (C=S) groups is 1. The fourth-order valence-electron chi connectivity index (χ4n) is 4.61. The molecular formula is C28H28N4OS. The Morgan fingerprint density at radius 1 is 0.941 bits per heavy atom. The molecule has 0 amide bonds. The lowest BCUT2D eigenvalue weighted by Crippen LogP contribution is -2.29. The van der Waals surface area contributed by atoms with E-state index >= 15 is 0 Å². The quantitative estimate of drug-likeness (QED) is 0.348. The molecule has 0 spiro atoms. The smallest absolute Gasteiger partial charge is 0.174 e. The molecule has 5 rings (SSSR count). The van der Waals surface area contributed by atoms with E-state index in [4.69, 9.17) is 17.0 Å². The third-order valence-electron chi connectivity index (χ3n) is 6.67. The maximum Gasteiger partial charge on any atom is 0.174 e. The molecule has 2 aromatic heterocycles. The van der Waals surface area contributed by atoms with Crippen molar-refractivity contribution < 1.29 is 4.74 Å². The summed E-state index contributed by atoms with van der Waals surface area (Å²) in [6.45, 7) is 6.34. The van der Waals surface area contributed by atoms with Crippen LogP contribution in [0.15, 0.2) is 79.0 Å². The minimum atomic E-state index is -0.0582. The topological polar surface area (TPSA) is 42.3 Å². The van der Waals surface area contributed by atoms with Crippen molar-refractivity contribution in [3.8, 4) is 11.5 Å². The number of rotatable bonds is 5. The first-order chi connectivity index (χ1) is 16.4. The Labute approximate surface area is 206 Å². The monoisotopic (exact) mass is 468 g/mol. The summed E-state index contributed by atoms with van der Waals surface area (Å²) in [7, 11) is 2.10. The number of benzene rings is 2. The first kappa shape index (κ1) is 22.2. The van der Waals surface area contributed by atoms with Crippen molar-refractivity contribution in [3.63, 3.8) is 0 Å². The minimum Gasteiger partial charge on any atom is -0.457 e. The van der Waals surface area contributed by atoms with Crippen LogP contribution in [0, 0.1) is 20.8 Å². The maximum absolute atomic E-state index is 6.11.